The molecule has 0 amide bonds. The van der Waals surface area contributed by atoms with E-state index >= 15 is 0 Å². The van der Waals surface area contributed by atoms with Gasteiger partial charge in [0.1, 0.15) is 0 Å². The molecule has 1 aliphatic carbocycles. The standard InChI is InChI=1S/C46H27N3S2/c1-2-14-26(15-3-1)40-45-41(39-29-18-6-4-16-27(29)28-17-5-9-21-32(28)43(39)51-45)48-46(47-40)49-35-24-12-10-22-33(35)37-30-19-7-8-20-31(30)38-34-23-11-13-25-36(34)50-44(38)42(37)49/h1-25,39,43H. The number of aromatic nitrogens is 3. The lowest BCUT2D eigenvalue weighted by molar-refractivity contribution is 0.745. The second-order valence-corrected chi connectivity index (χ2v) is 15.8. The molecular weight excluding hydrogens is 659 g/mol. The largest absolute Gasteiger partial charge is 0.276 e. The summed E-state index contributed by atoms with van der Waals surface area (Å²) in [6.45, 7) is 0. The molecule has 2 unspecified atom stereocenters. The molecule has 0 saturated carbocycles. The fourth-order valence-electron chi connectivity index (χ4n) is 8.90. The number of para-hydroxylation sites is 1. The predicted molar refractivity (Wildman–Crippen MR) is 215 cm³/mol. The van der Waals surface area contributed by atoms with Crippen LogP contribution in [0, 0.1) is 0 Å². The number of thiophene rings is 1. The quantitative estimate of drug-likeness (QED) is 0.181. The highest BCUT2D eigenvalue weighted by atomic mass is 32.2. The van der Waals surface area contributed by atoms with Crippen molar-refractivity contribution in [1.29, 1.82) is 0 Å². The van der Waals surface area contributed by atoms with Gasteiger partial charge in [0.15, 0.2) is 0 Å². The van der Waals surface area contributed by atoms with Gasteiger partial charge in [0.05, 0.1) is 32.0 Å². The summed E-state index contributed by atoms with van der Waals surface area (Å²) >= 11 is 3.81. The average Bonchev–Trinajstić information content (AvgIpc) is 3.89. The zero-order valence-corrected chi connectivity index (χ0v) is 28.9. The SMILES string of the molecule is c1ccc(-c2nc(-n3c4ccccc4c4c5ccccc5c5c6ccccc6sc5c43)nc3c2SC2c4ccccc4-c4ccccc4C32)cc1. The minimum absolute atomic E-state index is 0.110. The third-order valence-corrected chi connectivity index (χ3v) is 13.6. The third-order valence-electron chi connectivity index (χ3n) is 11.0. The Morgan fingerprint density at radius 3 is 1.98 bits per heavy atom. The molecular formula is C46H27N3S2. The Morgan fingerprint density at radius 1 is 0.529 bits per heavy atom. The first-order valence-corrected chi connectivity index (χ1v) is 19.1. The first kappa shape index (κ1) is 28.0. The number of thioether (sulfide) groups is 1. The monoisotopic (exact) mass is 685 g/mol. The highest BCUT2D eigenvalue weighted by Crippen LogP contribution is 2.63. The minimum Gasteiger partial charge on any atom is -0.276 e. The minimum atomic E-state index is 0.110. The van der Waals surface area contributed by atoms with Crippen LogP contribution in [-0.2, 0) is 0 Å². The average molecular weight is 686 g/mol. The predicted octanol–water partition coefficient (Wildman–Crippen LogP) is 12.7. The molecule has 3 nitrogen and oxygen atoms in total. The summed E-state index contributed by atoms with van der Waals surface area (Å²) in [7, 11) is 0. The second kappa shape index (κ2) is 10.4. The van der Waals surface area contributed by atoms with Crippen LogP contribution >= 0.6 is 23.1 Å². The van der Waals surface area contributed by atoms with Gasteiger partial charge in [-0.3, -0.25) is 4.57 Å². The summed E-state index contributed by atoms with van der Waals surface area (Å²) in [5.74, 6) is 0.837. The van der Waals surface area contributed by atoms with Crippen LogP contribution in [-0.4, -0.2) is 14.5 Å². The van der Waals surface area contributed by atoms with E-state index in [1.54, 1.807) is 0 Å². The molecule has 0 spiro atoms. The fraction of sp³-hybridized carbons (Fsp3) is 0.0435. The van der Waals surface area contributed by atoms with Crippen molar-refractivity contribution >= 4 is 75.8 Å². The van der Waals surface area contributed by atoms with Crippen molar-refractivity contribution in [3.8, 4) is 28.3 Å². The van der Waals surface area contributed by atoms with Crippen LogP contribution in [0.4, 0.5) is 0 Å². The van der Waals surface area contributed by atoms with Gasteiger partial charge in [-0.05, 0) is 45.2 Å². The van der Waals surface area contributed by atoms with Crippen molar-refractivity contribution in [3.05, 3.63) is 168 Å². The van der Waals surface area contributed by atoms with E-state index in [0.717, 1.165) is 28.4 Å². The summed E-state index contributed by atoms with van der Waals surface area (Å²) in [5, 5.41) is 7.85. The molecule has 0 bridgehead atoms. The first-order chi connectivity index (χ1) is 25.3. The lowest BCUT2D eigenvalue weighted by Crippen LogP contribution is -2.15. The molecule has 238 valence electrons. The van der Waals surface area contributed by atoms with Crippen LogP contribution in [0.25, 0.3) is 81.1 Å². The molecule has 5 heteroatoms. The Kier molecular flexibility index (Phi) is 5.71. The Morgan fingerprint density at radius 2 is 1.16 bits per heavy atom. The normalized spacial score (nSPS) is 16.2. The first-order valence-electron chi connectivity index (χ1n) is 17.4. The van der Waals surface area contributed by atoms with E-state index in [9.17, 15) is 0 Å². The number of benzene rings is 7. The summed E-state index contributed by atoms with van der Waals surface area (Å²) in [4.78, 5) is 12.5. The van der Waals surface area contributed by atoms with Crippen LogP contribution in [0.2, 0.25) is 0 Å². The molecule has 0 N–H and O–H groups in total. The highest BCUT2D eigenvalue weighted by molar-refractivity contribution is 8.00. The summed E-state index contributed by atoms with van der Waals surface area (Å²) in [6, 6.07) is 55.2. The van der Waals surface area contributed by atoms with E-state index in [-0.39, 0.29) is 11.2 Å². The zero-order valence-electron chi connectivity index (χ0n) is 27.2. The Bertz CT molecular complexity index is 3080. The number of nitrogens with zero attached hydrogens (tertiary/aromatic N) is 3. The summed E-state index contributed by atoms with van der Waals surface area (Å²) in [6.07, 6.45) is 0. The van der Waals surface area contributed by atoms with Crippen LogP contribution in [0.15, 0.2) is 157 Å². The number of fused-ring (bicyclic) bond motifs is 18. The van der Waals surface area contributed by atoms with E-state index in [4.69, 9.17) is 9.97 Å². The lowest BCUT2D eigenvalue weighted by atomic mass is 9.77. The number of hydrogen-bond donors (Lipinski definition) is 0. The third kappa shape index (κ3) is 3.74. The van der Waals surface area contributed by atoms with Gasteiger partial charge in [-0.25, -0.2) is 9.97 Å². The smallest absolute Gasteiger partial charge is 0.235 e. The van der Waals surface area contributed by atoms with E-state index in [1.165, 1.54) is 74.4 Å². The molecule has 1 aliphatic heterocycles. The molecule has 7 aromatic carbocycles. The van der Waals surface area contributed by atoms with Gasteiger partial charge in [-0.1, -0.05) is 140 Å². The molecule has 2 aliphatic rings. The van der Waals surface area contributed by atoms with Gasteiger partial charge < -0.3 is 0 Å². The Hall–Kier alpha value is -5.75. The van der Waals surface area contributed by atoms with Gasteiger partial charge in [-0.2, -0.15) is 0 Å². The van der Waals surface area contributed by atoms with Crippen molar-refractivity contribution in [2.45, 2.75) is 16.1 Å². The molecule has 2 atom stereocenters. The maximum Gasteiger partial charge on any atom is 0.235 e. The van der Waals surface area contributed by atoms with Crippen LogP contribution in [0.1, 0.15) is 28.0 Å². The van der Waals surface area contributed by atoms with Gasteiger partial charge in [0, 0.05) is 43.0 Å². The summed E-state index contributed by atoms with van der Waals surface area (Å²) < 4.78 is 4.94. The topological polar surface area (TPSA) is 30.7 Å². The maximum atomic E-state index is 5.71. The summed E-state index contributed by atoms with van der Waals surface area (Å²) in [5.41, 5.74) is 10.9. The maximum absolute atomic E-state index is 5.71. The molecule has 12 rings (SSSR count). The van der Waals surface area contributed by atoms with Gasteiger partial charge in [0.25, 0.3) is 0 Å². The lowest BCUT2D eigenvalue weighted by Gasteiger charge is -2.30. The van der Waals surface area contributed by atoms with Crippen LogP contribution < -0.4 is 0 Å². The molecule has 0 radical (unpaired) electrons. The van der Waals surface area contributed by atoms with Crippen LogP contribution in [0.3, 0.4) is 0 Å². The van der Waals surface area contributed by atoms with Crippen molar-refractivity contribution in [3.63, 3.8) is 0 Å². The molecule has 10 aromatic rings. The van der Waals surface area contributed by atoms with E-state index in [1.807, 2.05) is 23.1 Å². The molecule has 0 fully saturated rings. The molecule has 4 heterocycles. The number of hydrogen-bond acceptors (Lipinski definition) is 4. The number of rotatable bonds is 2. The molecule has 0 saturated heterocycles. The Balaban J connectivity index is 1.25. The van der Waals surface area contributed by atoms with Crippen molar-refractivity contribution in [2.24, 2.45) is 0 Å². The zero-order chi connectivity index (χ0) is 33.2. The molecule has 51 heavy (non-hydrogen) atoms. The van der Waals surface area contributed by atoms with Gasteiger partial charge in [0.2, 0.25) is 5.95 Å². The van der Waals surface area contributed by atoms with Crippen LogP contribution in [0.5, 0.6) is 0 Å². The van der Waals surface area contributed by atoms with Crippen molar-refractivity contribution in [2.75, 3.05) is 0 Å². The molecule has 3 aromatic heterocycles. The van der Waals surface area contributed by atoms with Gasteiger partial charge in [-0.15, -0.1) is 23.1 Å². The van der Waals surface area contributed by atoms with Gasteiger partial charge >= 0.3 is 0 Å². The Labute approximate surface area is 301 Å². The van der Waals surface area contributed by atoms with Crippen molar-refractivity contribution < 1.29 is 0 Å². The highest BCUT2D eigenvalue weighted by Gasteiger charge is 2.44. The van der Waals surface area contributed by atoms with E-state index in [0.29, 0.717) is 0 Å². The van der Waals surface area contributed by atoms with E-state index < -0.39 is 0 Å². The second-order valence-electron chi connectivity index (χ2n) is 13.6. The fourth-order valence-corrected chi connectivity index (χ4v) is 11.7. The van der Waals surface area contributed by atoms with E-state index in [2.05, 4.69) is 156 Å². The van der Waals surface area contributed by atoms with Crippen molar-refractivity contribution in [1.82, 2.24) is 14.5 Å².